The van der Waals surface area contributed by atoms with Crippen LogP contribution in [0.1, 0.15) is 11.1 Å². The molecule has 3 aromatic carbocycles. The number of amides is 3. The topological polar surface area (TPSA) is 58.6 Å². The molecule has 28 heavy (non-hydrogen) atoms. The number of urea groups is 1. The summed E-state index contributed by atoms with van der Waals surface area (Å²) in [6.45, 7) is 0.488. The van der Waals surface area contributed by atoms with Gasteiger partial charge in [-0.25, -0.2) is 9.69 Å². The van der Waals surface area contributed by atoms with E-state index in [0.717, 1.165) is 21.8 Å². The fourth-order valence-corrected chi connectivity index (χ4v) is 2.91. The van der Waals surface area contributed by atoms with E-state index in [0.29, 0.717) is 12.3 Å². The van der Waals surface area contributed by atoms with Crippen LogP contribution in [0.2, 0.25) is 0 Å². The van der Waals surface area contributed by atoms with Crippen LogP contribution in [0.25, 0.3) is 6.08 Å². The summed E-state index contributed by atoms with van der Waals surface area (Å²) in [5.74, 6) is 0.360. The van der Waals surface area contributed by atoms with Crippen molar-refractivity contribution in [2.75, 3.05) is 4.90 Å². The number of hydrogen-bond donors (Lipinski definition) is 1. The van der Waals surface area contributed by atoms with E-state index in [9.17, 15) is 9.59 Å². The fraction of sp³-hybridized carbons (Fsp3) is 0.0435. The summed E-state index contributed by atoms with van der Waals surface area (Å²) in [4.78, 5) is 25.9. The third kappa shape index (κ3) is 3.78. The fourth-order valence-electron chi connectivity index (χ4n) is 2.91. The summed E-state index contributed by atoms with van der Waals surface area (Å²) in [7, 11) is 0. The molecule has 0 atom stereocenters. The highest BCUT2D eigenvalue weighted by molar-refractivity contribution is 6.28. The van der Waals surface area contributed by atoms with Gasteiger partial charge in [0.2, 0.25) is 0 Å². The average molecular weight is 370 g/mol. The molecule has 138 valence electrons. The van der Waals surface area contributed by atoms with Crippen molar-refractivity contribution in [3.63, 3.8) is 0 Å². The smallest absolute Gasteiger partial charge is 0.333 e. The molecule has 1 fully saturated rings. The number of nitrogens with one attached hydrogen (secondary N) is 1. The van der Waals surface area contributed by atoms with E-state index in [1.165, 1.54) is 0 Å². The van der Waals surface area contributed by atoms with E-state index < -0.39 is 6.03 Å². The number of carbonyl (C=O) groups excluding carboxylic acids is 2. The zero-order valence-corrected chi connectivity index (χ0v) is 15.0. The van der Waals surface area contributed by atoms with Gasteiger partial charge in [-0.1, -0.05) is 60.7 Å². The van der Waals surface area contributed by atoms with E-state index in [4.69, 9.17) is 4.74 Å². The molecule has 5 heteroatoms. The zero-order valence-electron chi connectivity index (χ0n) is 15.0. The van der Waals surface area contributed by atoms with Crippen LogP contribution in [0, 0.1) is 0 Å². The summed E-state index contributed by atoms with van der Waals surface area (Å²) >= 11 is 0. The third-order valence-electron chi connectivity index (χ3n) is 4.33. The number of para-hydroxylation sites is 1. The highest BCUT2D eigenvalue weighted by Gasteiger charge is 2.34. The summed E-state index contributed by atoms with van der Waals surface area (Å²) < 4.78 is 5.76. The van der Waals surface area contributed by atoms with E-state index in [1.807, 2.05) is 60.7 Å². The third-order valence-corrected chi connectivity index (χ3v) is 4.33. The molecule has 1 N–H and O–H groups in total. The molecule has 1 heterocycles. The van der Waals surface area contributed by atoms with Gasteiger partial charge in [0.25, 0.3) is 5.91 Å². The van der Waals surface area contributed by atoms with Gasteiger partial charge in [0.1, 0.15) is 18.1 Å². The maximum absolute atomic E-state index is 12.6. The number of rotatable bonds is 5. The molecule has 0 spiro atoms. The van der Waals surface area contributed by atoms with E-state index in [1.54, 1.807) is 30.3 Å². The normalized spacial score (nSPS) is 15.0. The van der Waals surface area contributed by atoms with Crippen molar-refractivity contribution < 1.29 is 14.3 Å². The first kappa shape index (κ1) is 17.5. The van der Waals surface area contributed by atoms with Crippen LogP contribution in [0.4, 0.5) is 10.5 Å². The van der Waals surface area contributed by atoms with Gasteiger partial charge in [0, 0.05) is 0 Å². The summed E-state index contributed by atoms with van der Waals surface area (Å²) in [5, 5.41) is 2.63. The molecule has 1 aliphatic heterocycles. The molecular formula is C23H18N2O3. The summed E-state index contributed by atoms with van der Waals surface area (Å²) in [5.41, 5.74) is 2.67. The minimum absolute atomic E-state index is 0.242. The number of ether oxygens (including phenoxy) is 1. The molecule has 0 aromatic heterocycles. The van der Waals surface area contributed by atoms with Gasteiger partial charge in [0.05, 0.1) is 5.69 Å². The van der Waals surface area contributed by atoms with Crippen LogP contribution in [0.5, 0.6) is 5.75 Å². The van der Waals surface area contributed by atoms with Crippen molar-refractivity contribution in [2.45, 2.75) is 6.61 Å². The molecule has 4 rings (SSSR count). The Bertz CT molecular complexity index is 1010. The van der Waals surface area contributed by atoms with E-state index in [2.05, 4.69) is 5.32 Å². The lowest BCUT2D eigenvalue weighted by Gasteiger charge is -2.10. The molecule has 5 nitrogen and oxygen atoms in total. The van der Waals surface area contributed by atoms with Crippen molar-refractivity contribution in [3.05, 3.63) is 102 Å². The van der Waals surface area contributed by atoms with Crippen LogP contribution in [0.15, 0.2) is 90.6 Å². The molecule has 3 amide bonds. The quantitative estimate of drug-likeness (QED) is 0.536. The number of hydrogen-bond acceptors (Lipinski definition) is 3. The molecule has 1 aliphatic rings. The Balaban J connectivity index is 1.45. The average Bonchev–Trinajstić information content (AvgIpc) is 3.02. The second-order valence-corrected chi connectivity index (χ2v) is 6.31. The second kappa shape index (κ2) is 7.80. The number of anilines is 1. The monoisotopic (exact) mass is 370 g/mol. The molecule has 0 aliphatic carbocycles. The molecule has 3 aromatic rings. The van der Waals surface area contributed by atoms with Crippen LogP contribution in [-0.4, -0.2) is 11.9 Å². The largest absolute Gasteiger partial charge is 0.489 e. The van der Waals surface area contributed by atoms with Crippen LogP contribution in [0.3, 0.4) is 0 Å². The van der Waals surface area contributed by atoms with Gasteiger partial charge >= 0.3 is 6.03 Å². The highest BCUT2D eigenvalue weighted by Crippen LogP contribution is 2.22. The molecular weight excluding hydrogens is 352 g/mol. The summed E-state index contributed by atoms with van der Waals surface area (Å²) in [6, 6.07) is 25.7. The predicted octanol–water partition coefficient (Wildman–Crippen LogP) is 4.36. The predicted molar refractivity (Wildman–Crippen MR) is 108 cm³/mol. The Kier molecular flexibility index (Phi) is 4.89. The lowest BCUT2D eigenvalue weighted by molar-refractivity contribution is -0.113. The number of benzene rings is 3. The summed E-state index contributed by atoms with van der Waals surface area (Å²) in [6.07, 6.45) is 1.66. The minimum Gasteiger partial charge on any atom is -0.489 e. The SMILES string of the molecule is O=C1N/C(=C\c2ccc(OCc3ccccc3)cc2)C(=O)N1c1ccccc1. The van der Waals surface area contributed by atoms with Gasteiger partial charge in [-0.2, -0.15) is 0 Å². The maximum atomic E-state index is 12.6. The molecule has 0 unspecified atom stereocenters. The van der Waals surface area contributed by atoms with Crippen molar-refractivity contribution >= 4 is 23.7 Å². The van der Waals surface area contributed by atoms with Gasteiger partial charge < -0.3 is 10.1 Å². The highest BCUT2D eigenvalue weighted by atomic mass is 16.5. The van der Waals surface area contributed by atoms with Crippen molar-refractivity contribution in [1.29, 1.82) is 0 Å². The standard InChI is InChI=1S/C23H18N2O3/c26-22-21(24-23(27)25(22)19-9-5-2-6-10-19)15-17-11-13-20(14-12-17)28-16-18-7-3-1-4-8-18/h1-15H,16H2,(H,24,27)/b21-15-. The molecule has 0 saturated carbocycles. The Morgan fingerprint density at radius 1 is 0.821 bits per heavy atom. The Labute approximate surface area is 162 Å². The first-order valence-electron chi connectivity index (χ1n) is 8.90. The van der Waals surface area contributed by atoms with Crippen LogP contribution >= 0.6 is 0 Å². The number of imide groups is 1. The van der Waals surface area contributed by atoms with Crippen molar-refractivity contribution in [3.8, 4) is 5.75 Å². The van der Waals surface area contributed by atoms with Gasteiger partial charge in [-0.3, -0.25) is 4.79 Å². The Hall–Kier alpha value is -3.86. The maximum Gasteiger partial charge on any atom is 0.333 e. The Morgan fingerprint density at radius 3 is 2.14 bits per heavy atom. The van der Waals surface area contributed by atoms with E-state index >= 15 is 0 Å². The number of carbonyl (C=O) groups is 2. The second-order valence-electron chi connectivity index (χ2n) is 6.31. The Morgan fingerprint density at radius 2 is 1.46 bits per heavy atom. The van der Waals surface area contributed by atoms with Gasteiger partial charge in [0.15, 0.2) is 0 Å². The molecule has 1 saturated heterocycles. The molecule has 0 radical (unpaired) electrons. The lowest BCUT2D eigenvalue weighted by atomic mass is 10.2. The first-order chi connectivity index (χ1) is 13.7. The lowest BCUT2D eigenvalue weighted by Crippen LogP contribution is -2.30. The molecule has 0 bridgehead atoms. The minimum atomic E-state index is -0.453. The first-order valence-corrected chi connectivity index (χ1v) is 8.90. The van der Waals surface area contributed by atoms with Crippen LogP contribution < -0.4 is 15.0 Å². The van der Waals surface area contributed by atoms with Crippen LogP contribution in [-0.2, 0) is 11.4 Å². The number of nitrogens with zero attached hydrogens (tertiary/aromatic N) is 1. The zero-order chi connectivity index (χ0) is 19.3. The van der Waals surface area contributed by atoms with E-state index in [-0.39, 0.29) is 11.6 Å². The van der Waals surface area contributed by atoms with Gasteiger partial charge in [-0.15, -0.1) is 0 Å². The van der Waals surface area contributed by atoms with Crippen molar-refractivity contribution in [1.82, 2.24) is 5.32 Å². The van der Waals surface area contributed by atoms with Gasteiger partial charge in [-0.05, 0) is 41.5 Å². The van der Waals surface area contributed by atoms with Crippen molar-refractivity contribution in [2.24, 2.45) is 0 Å².